The Labute approximate surface area is 116 Å². The Kier molecular flexibility index (Phi) is 6.18. The summed E-state index contributed by atoms with van der Waals surface area (Å²) in [7, 11) is 1.74. The molecule has 1 fully saturated rings. The lowest BCUT2D eigenvalue weighted by Gasteiger charge is -2.22. The topological polar surface area (TPSA) is 33.3 Å². The number of benzene rings is 1. The van der Waals surface area contributed by atoms with Crippen LogP contribution in [0.15, 0.2) is 24.3 Å². The summed E-state index contributed by atoms with van der Waals surface area (Å²) in [5.41, 5.74) is 1.29. The van der Waals surface area contributed by atoms with Gasteiger partial charge in [0, 0.05) is 0 Å². The Balaban J connectivity index is 1.61. The number of methoxy groups -OCH3 is 1. The zero-order valence-electron chi connectivity index (χ0n) is 12.0. The average molecular weight is 262 g/mol. The monoisotopic (exact) mass is 262 g/mol. The van der Waals surface area contributed by atoms with Crippen LogP contribution in [0.1, 0.15) is 24.8 Å². The molecule has 0 bridgehead atoms. The standard InChI is InChI=1S/C16H26N2O/c1-19-16-5-3-2-4-15(16)9-13-18-12-8-14-6-10-17-11-7-14/h2-5,14,17-18H,6-13H2,1H3. The lowest BCUT2D eigenvalue weighted by molar-refractivity contribution is 0.348. The van der Waals surface area contributed by atoms with E-state index in [2.05, 4.69) is 22.8 Å². The van der Waals surface area contributed by atoms with Gasteiger partial charge >= 0.3 is 0 Å². The Hall–Kier alpha value is -1.06. The lowest BCUT2D eigenvalue weighted by Crippen LogP contribution is -2.30. The molecule has 3 nitrogen and oxygen atoms in total. The first-order valence-electron chi connectivity index (χ1n) is 7.43. The molecule has 2 rings (SSSR count). The predicted octanol–water partition coefficient (Wildman–Crippen LogP) is 2.22. The van der Waals surface area contributed by atoms with Crippen LogP contribution in [0.3, 0.4) is 0 Å². The third-order valence-corrected chi connectivity index (χ3v) is 3.95. The van der Waals surface area contributed by atoms with Gasteiger partial charge in [-0.2, -0.15) is 0 Å². The van der Waals surface area contributed by atoms with Crippen molar-refractivity contribution < 1.29 is 4.74 Å². The summed E-state index contributed by atoms with van der Waals surface area (Å²) in [4.78, 5) is 0. The molecule has 19 heavy (non-hydrogen) atoms. The van der Waals surface area contributed by atoms with E-state index < -0.39 is 0 Å². The second kappa shape index (κ2) is 8.18. The van der Waals surface area contributed by atoms with E-state index in [-0.39, 0.29) is 0 Å². The molecule has 1 heterocycles. The van der Waals surface area contributed by atoms with Gasteiger partial charge in [0.2, 0.25) is 0 Å². The largest absolute Gasteiger partial charge is 0.496 e. The van der Waals surface area contributed by atoms with E-state index in [9.17, 15) is 0 Å². The molecule has 0 radical (unpaired) electrons. The maximum atomic E-state index is 5.36. The van der Waals surface area contributed by atoms with Gasteiger partial charge in [-0.15, -0.1) is 0 Å². The lowest BCUT2D eigenvalue weighted by atomic mass is 9.95. The first kappa shape index (κ1) is 14.4. The fraction of sp³-hybridized carbons (Fsp3) is 0.625. The summed E-state index contributed by atoms with van der Waals surface area (Å²) in [5.74, 6) is 1.92. The quantitative estimate of drug-likeness (QED) is 0.739. The molecule has 0 spiro atoms. The van der Waals surface area contributed by atoms with Gasteiger partial charge in [0.15, 0.2) is 0 Å². The van der Waals surface area contributed by atoms with E-state index in [1.54, 1.807) is 7.11 Å². The molecule has 106 valence electrons. The molecule has 0 atom stereocenters. The number of hydrogen-bond donors (Lipinski definition) is 2. The number of para-hydroxylation sites is 1. The van der Waals surface area contributed by atoms with E-state index in [1.807, 2.05) is 12.1 Å². The van der Waals surface area contributed by atoms with E-state index in [4.69, 9.17) is 4.74 Å². The van der Waals surface area contributed by atoms with E-state index in [0.29, 0.717) is 0 Å². The van der Waals surface area contributed by atoms with Gasteiger partial charge in [-0.3, -0.25) is 0 Å². The van der Waals surface area contributed by atoms with Crippen molar-refractivity contribution in [2.75, 3.05) is 33.3 Å². The van der Waals surface area contributed by atoms with Crippen molar-refractivity contribution in [3.8, 4) is 5.75 Å². The summed E-state index contributed by atoms with van der Waals surface area (Å²) in [6.45, 7) is 4.57. The van der Waals surface area contributed by atoms with Gasteiger partial charge in [0.1, 0.15) is 5.75 Å². The van der Waals surface area contributed by atoms with Crippen LogP contribution in [-0.4, -0.2) is 33.3 Å². The normalized spacial score (nSPS) is 16.5. The average Bonchev–Trinajstić information content (AvgIpc) is 2.48. The van der Waals surface area contributed by atoms with Crippen LogP contribution in [-0.2, 0) is 6.42 Å². The summed E-state index contributed by atoms with van der Waals surface area (Å²) in [6, 6.07) is 8.28. The van der Waals surface area contributed by atoms with Gasteiger partial charge in [0.05, 0.1) is 7.11 Å². The molecule has 0 saturated carbocycles. The highest BCUT2D eigenvalue weighted by Crippen LogP contribution is 2.17. The van der Waals surface area contributed by atoms with E-state index in [1.165, 1.54) is 37.9 Å². The number of rotatable bonds is 7. The minimum Gasteiger partial charge on any atom is -0.496 e. The number of piperidine rings is 1. The Morgan fingerprint density at radius 2 is 2.00 bits per heavy atom. The third kappa shape index (κ3) is 4.84. The van der Waals surface area contributed by atoms with Crippen LogP contribution in [0.5, 0.6) is 5.75 Å². The van der Waals surface area contributed by atoms with Gasteiger partial charge in [-0.25, -0.2) is 0 Å². The van der Waals surface area contributed by atoms with Crippen molar-refractivity contribution in [3.05, 3.63) is 29.8 Å². The molecular formula is C16H26N2O. The molecular weight excluding hydrogens is 236 g/mol. The van der Waals surface area contributed by atoms with Crippen molar-refractivity contribution in [3.63, 3.8) is 0 Å². The van der Waals surface area contributed by atoms with E-state index in [0.717, 1.165) is 31.2 Å². The molecule has 1 aliphatic rings. The molecule has 3 heteroatoms. The predicted molar refractivity (Wildman–Crippen MR) is 79.8 cm³/mol. The highest BCUT2D eigenvalue weighted by molar-refractivity contribution is 5.33. The SMILES string of the molecule is COc1ccccc1CCNCCC1CCNCC1. The second-order valence-electron chi connectivity index (χ2n) is 5.29. The van der Waals surface area contributed by atoms with Crippen LogP contribution < -0.4 is 15.4 Å². The number of hydrogen-bond acceptors (Lipinski definition) is 3. The van der Waals surface area contributed by atoms with Crippen LogP contribution in [0.25, 0.3) is 0 Å². The third-order valence-electron chi connectivity index (χ3n) is 3.95. The Morgan fingerprint density at radius 1 is 1.21 bits per heavy atom. The van der Waals surface area contributed by atoms with Crippen LogP contribution in [0, 0.1) is 5.92 Å². The van der Waals surface area contributed by atoms with Crippen LogP contribution in [0.4, 0.5) is 0 Å². The molecule has 1 aromatic rings. The van der Waals surface area contributed by atoms with Crippen molar-refractivity contribution in [1.29, 1.82) is 0 Å². The summed E-state index contributed by atoms with van der Waals surface area (Å²) in [6.07, 6.45) is 5.03. The molecule has 0 unspecified atom stereocenters. The second-order valence-corrected chi connectivity index (χ2v) is 5.29. The molecule has 2 N–H and O–H groups in total. The van der Waals surface area contributed by atoms with Crippen LogP contribution in [0.2, 0.25) is 0 Å². The van der Waals surface area contributed by atoms with Gasteiger partial charge in [0.25, 0.3) is 0 Å². The highest BCUT2D eigenvalue weighted by Gasteiger charge is 2.11. The molecule has 0 aromatic heterocycles. The molecule has 0 amide bonds. The molecule has 0 aliphatic carbocycles. The fourth-order valence-electron chi connectivity index (χ4n) is 2.73. The zero-order chi connectivity index (χ0) is 13.3. The van der Waals surface area contributed by atoms with Gasteiger partial charge < -0.3 is 15.4 Å². The van der Waals surface area contributed by atoms with E-state index >= 15 is 0 Å². The van der Waals surface area contributed by atoms with Crippen molar-refractivity contribution >= 4 is 0 Å². The highest BCUT2D eigenvalue weighted by atomic mass is 16.5. The smallest absolute Gasteiger partial charge is 0.122 e. The van der Waals surface area contributed by atoms with Crippen molar-refractivity contribution in [2.45, 2.75) is 25.7 Å². The fourth-order valence-corrected chi connectivity index (χ4v) is 2.73. The maximum absolute atomic E-state index is 5.36. The van der Waals surface area contributed by atoms with Crippen molar-refractivity contribution in [1.82, 2.24) is 10.6 Å². The van der Waals surface area contributed by atoms with Crippen molar-refractivity contribution in [2.24, 2.45) is 5.92 Å². The Bertz CT molecular complexity index is 362. The number of nitrogens with one attached hydrogen (secondary N) is 2. The molecule has 1 aromatic carbocycles. The molecule has 1 aliphatic heterocycles. The first-order valence-corrected chi connectivity index (χ1v) is 7.43. The number of ether oxygens (including phenoxy) is 1. The summed E-state index contributed by atoms with van der Waals surface area (Å²) < 4.78 is 5.36. The first-order chi connectivity index (χ1) is 9.40. The summed E-state index contributed by atoms with van der Waals surface area (Å²) in [5, 5.41) is 6.97. The minimum absolute atomic E-state index is 0.917. The van der Waals surface area contributed by atoms with Crippen LogP contribution >= 0.6 is 0 Å². The molecule has 1 saturated heterocycles. The summed E-state index contributed by atoms with van der Waals surface area (Å²) >= 11 is 0. The Morgan fingerprint density at radius 3 is 2.79 bits per heavy atom. The zero-order valence-corrected chi connectivity index (χ0v) is 12.0. The maximum Gasteiger partial charge on any atom is 0.122 e. The minimum atomic E-state index is 0.917. The van der Waals surface area contributed by atoms with Gasteiger partial charge in [-0.05, 0) is 69.4 Å². The van der Waals surface area contributed by atoms with Gasteiger partial charge in [-0.1, -0.05) is 18.2 Å².